The zero-order valence-electron chi connectivity index (χ0n) is 9.91. The molecule has 1 N–H and O–H groups in total. The standard InChI is InChI=1S/C11H4Cl2F3N5/c12-8-9(19-10(13)21-20-8)18-7-2-1-6(11(14,15)16)3-5(7)4-17/h1-3H,(H,18,19,21). The van der Waals surface area contributed by atoms with E-state index in [1.807, 2.05) is 0 Å². The molecule has 2 aromatic rings. The first-order valence-corrected chi connectivity index (χ1v) is 6.01. The van der Waals surface area contributed by atoms with Crippen molar-refractivity contribution in [3.8, 4) is 6.07 Å². The fourth-order valence-corrected chi connectivity index (χ4v) is 1.67. The van der Waals surface area contributed by atoms with Gasteiger partial charge in [0.25, 0.3) is 0 Å². The van der Waals surface area contributed by atoms with Crippen molar-refractivity contribution in [3.63, 3.8) is 0 Å². The Balaban J connectivity index is 2.41. The molecule has 0 fully saturated rings. The van der Waals surface area contributed by atoms with Gasteiger partial charge in [-0.25, -0.2) is 0 Å². The highest BCUT2D eigenvalue weighted by molar-refractivity contribution is 6.32. The number of rotatable bonds is 2. The van der Waals surface area contributed by atoms with Gasteiger partial charge in [0.05, 0.1) is 16.8 Å². The lowest BCUT2D eigenvalue weighted by atomic mass is 10.1. The number of nitrogens with zero attached hydrogens (tertiary/aromatic N) is 4. The van der Waals surface area contributed by atoms with Gasteiger partial charge in [0, 0.05) is 0 Å². The lowest BCUT2D eigenvalue weighted by Gasteiger charge is -2.11. The topological polar surface area (TPSA) is 74.5 Å². The van der Waals surface area contributed by atoms with Crippen molar-refractivity contribution >= 4 is 34.7 Å². The Morgan fingerprint density at radius 2 is 1.90 bits per heavy atom. The van der Waals surface area contributed by atoms with Crippen LogP contribution in [-0.4, -0.2) is 15.2 Å². The number of nitriles is 1. The molecule has 21 heavy (non-hydrogen) atoms. The predicted molar refractivity (Wildman–Crippen MR) is 69.3 cm³/mol. The van der Waals surface area contributed by atoms with Gasteiger partial charge in [-0.1, -0.05) is 11.6 Å². The van der Waals surface area contributed by atoms with E-state index >= 15 is 0 Å². The average molecular weight is 334 g/mol. The molecule has 1 aromatic heterocycles. The highest BCUT2D eigenvalue weighted by atomic mass is 35.5. The normalized spacial score (nSPS) is 11.0. The minimum absolute atomic E-state index is 0.0204. The number of alkyl halides is 3. The molecule has 0 bridgehead atoms. The van der Waals surface area contributed by atoms with Crippen LogP contribution >= 0.6 is 23.2 Å². The van der Waals surface area contributed by atoms with E-state index < -0.39 is 11.7 Å². The number of anilines is 2. The molecule has 1 aromatic carbocycles. The van der Waals surface area contributed by atoms with Crippen molar-refractivity contribution in [1.82, 2.24) is 15.2 Å². The van der Waals surface area contributed by atoms with Crippen LogP contribution in [0.5, 0.6) is 0 Å². The third-order valence-corrected chi connectivity index (χ3v) is 2.75. The second-order valence-corrected chi connectivity index (χ2v) is 4.41. The van der Waals surface area contributed by atoms with Gasteiger partial charge in [0.2, 0.25) is 5.28 Å². The summed E-state index contributed by atoms with van der Waals surface area (Å²) in [6, 6.07) is 4.29. The summed E-state index contributed by atoms with van der Waals surface area (Å²) in [7, 11) is 0. The Morgan fingerprint density at radius 3 is 2.52 bits per heavy atom. The molecular weight excluding hydrogens is 330 g/mol. The van der Waals surface area contributed by atoms with Crippen LogP contribution in [0.1, 0.15) is 11.1 Å². The molecule has 0 radical (unpaired) electrons. The van der Waals surface area contributed by atoms with E-state index in [2.05, 4.69) is 20.5 Å². The molecular formula is C11H4Cl2F3N5. The van der Waals surface area contributed by atoms with Crippen molar-refractivity contribution in [2.24, 2.45) is 0 Å². The summed E-state index contributed by atoms with van der Waals surface area (Å²) >= 11 is 11.3. The number of hydrogen-bond donors (Lipinski definition) is 1. The van der Waals surface area contributed by atoms with Gasteiger partial charge in [-0.2, -0.15) is 23.4 Å². The maximum atomic E-state index is 12.6. The number of aromatic nitrogens is 3. The molecule has 0 aliphatic rings. The lowest BCUT2D eigenvalue weighted by molar-refractivity contribution is -0.137. The maximum absolute atomic E-state index is 12.6. The van der Waals surface area contributed by atoms with E-state index in [-0.39, 0.29) is 27.5 Å². The fraction of sp³-hybridized carbons (Fsp3) is 0.0909. The first-order chi connectivity index (χ1) is 9.81. The quantitative estimate of drug-likeness (QED) is 0.904. The van der Waals surface area contributed by atoms with E-state index in [0.29, 0.717) is 6.07 Å². The Labute approximate surface area is 126 Å². The summed E-state index contributed by atoms with van der Waals surface area (Å²) < 4.78 is 37.7. The second-order valence-electron chi connectivity index (χ2n) is 3.72. The summed E-state index contributed by atoms with van der Waals surface area (Å²) in [4.78, 5) is 3.73. The first kappa shape index (κ1) is 15.3. The Hall–Kier alpha value is -2.11. The van der Waals surface area contributed by atoms with Gasteiger partial charge in [-0.05, 0) is 29.8 Å². The van der Waals surface area contributed by atoms with Crippen molar-refractivity contribution in [3.05, 3.63) is 39.8 Å². The highest BCUT2D eigenvalue weighted by Gasteiger charge is 2.31. The zero-order valence-corrected chi connectivity index (χ0v) is 11.4. The molecule has 10 heteroatoms. The number of benzene rings is 1. The van der Waals surface area contributed by atoms with E-state index in [1.165, 1.54) is 0 Å². The molecule has 1 heterocycles. The molecule has 0 atom stereocenters. The van der Waals surface area contributed by atoms with Crippen LogP contribution in [0.2, 0.25) is 10.4 Å². The molecule has 5 nitrogen and oxygen atoms in total. The third kappa shape index (κ3) is 3.51. The first-order valence-electron chi connectivity index (χ1n) is 5.25. The van der Waals surface area contributed by atoms with Crippen LogP contribution in [0.4, 0.5) is 24.7 Å². The van der Waals surface area contributed by atoms with Crippen LogP contribution in [0.15, 0.2) is 18.2 Å². The van der Waals surface area contributed by atoms with Crippen molar-refractivity contribution < 1.29 is 13.2 Å². The SMILES string of the molecule is N#Cc1cc(C(F)(F)F)ccc1Nc1nc(Cl)nnc1Cl. The van der Waals surface area contributed by atoms with Gasteiger partial charge < -0.3 is 5.32 Å². The van der Waals surface area contributed by atoms with Gasteiger partial charge in [0.1, 0.15) is 6.07 Å². The largest absolute Gasteiger partial charge is 0.416 e. The molecule has 0 spiro atoms. The van der Waals surface area contributed by atoms with Crippen LogP contribution in [0.25, 0.3) is 0 Å². The average Bonchev–Trinajstić information content (AvgIpc) is 2.42. The second kappa shape index (κ2) is 5.71. The van der Waals surface area contributed by atoms with Gasteiger partial charge in [-0.15, -0.1) is 10.2 Å². The monoisotopic (exact) mass is 333 g/mol. The number of nitrogens with one attached hydrogen (secondary N) is 1. The summed E-state index contributed by atoms with van der Waals surface area (Å²) in [6.07, 6.45) is -4.54. The summed E-state index contributed by atoms with van der Waals surface area (Å²) in [5, 5.41) is 18.1. The molecule has 0 amide bonds. The van der Waals surface area contributed by atoms with Crippen LogP contribution in [-0.2, 0) is 6.18 Å². The van der Waals surface area contributed by atoms with E-state index in [0.717, 1.165) is 12.1 Å². The van der Waals surface area contributed by atoms with E-state index in [4.69, 9.17) is 28.5 Å². The minimum Gasteiger partial charge on any atom is -0.336 e. The Morgan fingerprint density at radius 1 is 1.19 bits per heavy atom. The fourth-order valence-electron chi connectivity index (χ4n) is 1.42. The minimum atomic E-state index is -4.54. The summed E-state index contributed by atoms with van der Waals surface area (Å²) in [5.74, 6) is -0.0204. The molecule has 0 saturated carbocycles. The summed E-state index contributed by atoms with van der Waals surface area (Å²) in [6.45, 7) is 0. The smallest absolute Gasteiger partial charge is 0.336 e. The van der Waals surface area contributed by atoms with E-state index in [1.54, 1.807) is 6.07 Å². The van der Waals surface area contributed by atoms with Crippen molar-refractivity contribution in [2.75, 3.05) is 5.32 Å². The number of halogens is 5. The summed E-state index contributed by atoms with van der Waals surface area (Å²) in [5.41, 5.74) is -1.07. The van der Waals surface area contributed by atoms with Gasteiger partial charge in [-0.3, -0.25) is 0 Å². The Bertz CT molecular complexity index is 727. The predicted octanol–water partition coefficient (Wildman–Crippen LogP) is 3.81. The van der Waals surface area contributed by atoms with Gasteiger partial charge >= 0.3 is 6.18 Å². The molecule has 2 rings (SSSR count). The highest BCUT2D eigenvalue weighted by Crippen LogP contribution is 2.32. The van der Waals surface area contributed by atoms with Crippen molar-refractivity contribution in [2.45, 2.75) is 6.18 Å². The van der Waals surface area contributed by atoms with Crippen molar-refractivity contribution in [1.29, 1.82) is 5.26 Å². The van der Waals surface area contributed by atoms with Crippen LogP contribution in [0, 0.1) is 11.3 Å². The molecule has 0 aliphatic carbocycles. The van der Waals surface area contributed by atoms with E-state index in [9.17, 15) is 13.2 Å². The number of hydrogen-bond acceptors (Lipinski definition) is 5. The van der Waals surface area contributed by atoms with Crippen LogP contribution < -0.4 is 5.32 Å². The zero-order chi connectivity index (χ0) is 15.6. The molecule has 108 valence electrons. The Kier molecular flexibility index (Phi) is 4.16. The van der Waals surface area contributed by atoms with Gasteiger partial charge in [0.15, 0.2) is 11.0 Å². The lowest BCUT2D eigenvalue weighted by Crippen LogP contribution is -2.06. The molecule has 0 aliphatic heterocycles. The van der Waals surface area contributed by atoms with Crippen LogP contribution in [0.3, 0.4) is 0 Å². The molecule has 0 unspecified atom stereocenters. The maximum Gasteiger partial charge on any atom is 0.416 e. The molecule has 0 saturated heterocycles. The third-order valence-electron chi connectivity index (χ3n) is 2.34.